The van der Waals surface area contributed by atoms with E-state index in [1.165, 1.54) is 0 Å². The van der Waals surface area contributed by atoms with Gasteiger partial charge < -0.3 is 14.7 Å². The number of hydrogen-bond donors (Lipinski definition) is 1. The lowest BCUT2D eigenvalue weighted by Gasteiger charge is -2.30. The van der Waals surface area contributed by atoms with Crippen molar-refractivity contribution in [1.82, 2.24) is 15.4 Å². The molecule has 1 N–H and O–H groups in total. The highest BCUT2D eigenvalue weighted by Gasteiger charge is 2.26. The molecular weight excluding hydrogens is 354 g/mol. The Hall–Kier alpha value is -2.89. The van der Waals surface area contributed by atoms with Gasteiger partial charge in [0.05, 0.1) is 12.2 Å². The minimum atomic E-state index is -0.0744. The number of aromatic nitrogens is 1. The number of nitrogens with zero attached hydrogens (tertiary/aromatic N) is 2. The molecule has 1 saturated heterocycles. The van der Waals surface area contributed by atoms with E-state index in [0.717, 1.165) is 11.3 Å². The fraction of sp³-hybridized carbons (Fsp3) is 0.409. The molecule has 1 aromatic heterocycles. The van der Waals surface area contributed by atoms with Gasteiger partial charge in [0.15, 0.2) is 5.76 Å². The highest BCUT2D eigenvalue weighted by atomic mass is 16.5. The molecule has 148 valence electrons. The number of nitrogens with one attached hydrogen (secondary N) is 1. The molecule has 1 aliphatic heterocycles. The van der Waals surface area contributed by atoms with Crippen LogP contribution >= 0.6 is 0 Å². The van der Waals surface area contributed by atoms with Gasteiger partial charge in [-0.3, -0.25) is 9.59 Å². The molecule has 0 radical (unpaired) electrons. The van der Waals surface area contributed by atoms with Gasteiger partial charge in [-0.15, -0.1) is 0 Å². The van der Waals surface area contributed by atoms with Gasteiger partial charge in [-0.2, -0.15) is 0 Å². The van der Waals surface area contributed by atoms with Crippen LogP contribution in [0.1, 0.15) is 49.6 Å². The lowest BCUT2D eigenvalue weighted by molar-refractivity contribution is -0.132. The summed E-state index contributed by atoms with van der Waals surface area (Å²) in [5, 5.41) is 6.92. The van der Waals surface area contributed by atoms with Crippen molar-refractivity contribution < 1.29 is 14.1 Å². The van der Waals surface area contributed by atoms with Crippen LogP contribution in [-0.4, -0.2) is 35.0 Å². The Morgan fingerprint density at radius 1 is 1.25 bits per heavy atom. The maximum atomic E-state index is 12.4. The number of piperidine rings is 1. The van der Waals surface area contributed by atoms with E-state index in [9.17, 15) is 9.59 Å². The van der Waals surface area contributed by atoms with Crippen LogP contribution in [-0.2, 0) is 16.1 Å². The number of amides is 2. The predicted octanol–water partition coefficient (Wildman–Crippen LogP) is 3.37. The van der Waals surface area contributed by atoms with Crippen LogP contribution in [0, 0.1) is 5.92 Å². The number of benzene rings is 1. The molecule has 0 saturated carbocycles. The second kappa shape index (κ2) is 9.35. The van der Waals surface area contributed by atoms with Crippen molar-refractivity contribution in [3.8, 4) is 0 Å². The standard InChI is InChI=1S/C22H27N3O3/c1-16(2)20-14-19(28-24-20)15-23-22(27)18-10-12-25(13-11-18)21(26)9-8-17-6-4-3-5-7-17/h3-9,14,16,18H,10-13,15H2,1-2H3,(H,23,27)/b9-8+. The van der Waals surface area contributed by atoms with Gasteiger partial charge in [0.1, 0.15) is 0 Å². The van der Waals surface area contributed by atoms with E-state index in [-0.39, 0.29) is 17.7 Å². The maximum absolute atomic E-state index is 12.4. The van der Waals surface area contributed by atoms with Crippen LogP contribution in [0.15, 0.2) is 47.0 Å². The Morgan fingerprint density at radius 2 is 1.96 bits per heavy atom. The van der Waals surface area contributed by atoms with Crippen LogP contribution in [0.4, 0.5) is 0 Å². The number of rotatable bonds is 6. The first kappa shape index (κ1) is 19.9. The van der Waals surface area contributed by atoms with E-state index in [0.29, 0.717) is 44.2 Å². The summed E-state index contributed by atoms with van der Waals surface area (Å²) in [6.45, 7) is 5.62. The third-order valence-electron chi connectivity index (χ3n) is 5.00. The second-order valence-electron chi connectivity index (χ2n) is 7.43. The Bertz CT molecular complexity index is 819. The van der Waals surface area contributed by atoms with Gasteiger partial charge >= 0.3 is 0 Å². The third kappa shape index (κ3) is 5.31. The largest absolute Gasteiger partial charge is 0.359 e. The first-order chi connectivity index (χ1) is 13.5. The molecule has 2 aromatic rings. The summed E-state index contributed by atoms with van der Waals surface area (Å²) in [6.07, 6.45) is 4.77. The van der Waals surface area contributed by atoms with E-state index in [2.05, 4.69) is 10.5 Å². The molecule has 2 amide bonds. The van der Waals surface area contributed by atoms with E-state index in [1.54, 1.807) is 11.0 Å². The van der Waals surface area contributed by atoms with Gasteiger partial charge in [0.2, 0.25) is 11.8 Å². The van der Waals surface area contributed by atoms with Crippen molar-refractivity contribution in [2.24, 2.45) is 5.92 Å². The normalized spacial score (nSPS) is 15.3. The fourth-order valence-corrected chi connectivity index (χ4v) is 3.20. The zero-order valence-electron chi connectivity index (χ0n) is 16.4. The zero-order chi connectivity index (χ0) is 19.9. The monoisotopic (exact) mass is 381 g/mol. The molecule has 3 rings (SSSR count). The second-order valence-corrected chi connectivity index (χ2v) is 7.43. The summed E-state index contributed by atoms with van der Waals surface area (Å²) < 4.78 is 5.25. The number of hydrogen-bond acceptors (Lipinski definition) is 4. The van der Waals surface area contributed by atoms with E-state index in [4.69, 9.17) is 4.52 Å². The SMILES string of the molecule is CC(C)c1cc(CNC(=O)C2CCN(C(=O)/C=C/c3ccccc3)CC2)on1. The van der Waals surface area contributed by atoms with E-state index < -0.39 is 0 Å². The van der Waals surface area contributed by atoms with Gasteiger partial charge in [0.25, 0.3) is 0 Å². The summed E-state index contributed by atoms with van der Waals surface area (Å²) >= 11 is 0. The molecule has 6 nitrogen and oxygen atoms in total. The Labute approximate surface area is 165 Å². The lowest BCUT2D eigenvalue weighted by Crippen LogP contribution is -2.42. The van der Waals surface area contributed by atoms with Crippen LogP contribution in [0.2, 0.25) is 0 Å². The topological polar surface area (TPSA) is 75.4 Å². The summed E-state index contributed by atoms with van der Waals surface area (Å²) in [6, 6.07) is 11.6. The summed E-state index contributed by atoms with van der Waals surface area (Å²) in [5.74, 6) is 0.886. The highest BCUT2D eigenvalue weighted by molar-refractivity contribution is 5.92. The number of carbonyl (C=O) groups excluding carboxylic acids is 2. The average Bonchev–Trinajstić information content (AvgIpc) is 3.20. The maximum Gasteiger partial charge on any atom is 0.246 e. The molecule has 2 heterocycles. The van der Waals surface area contributed by atoms with Gasteiger partial charge in [0, 0.05) is 31.1 Å². The minimum Gasteiger partial charge on any atom is -0.359 e. The number of carbonyl (C=O) groups is 2. The molecular formula is C22H27N3O3. The molecule has 0 aliphatic carbocycles. The zero-order valence-corrected chi connectivity index (χ0v) is 16.4. The Morgan fingerprint density at radius 3 is 2.61 bits per heavy atom. The molecule has 28 heavy (non-hydrogen) atoms. The van der Waals surface area contributed by atoms with Crippen LogP contribution in [0.5, 0.6) is 0 Å². The van der Waals surface area contributed by atoms with Crippen LogP contribution in [0.3, 0.4) is 0 Å². The Balaban J connectivity index is 1.43. The van der Waals surface area contributed by atoms with Crippen molar-refractivity contribution in [2.45, 2.75) is 39.2 Å². The summed E-state index contributed by atoms with van der Waals surface area (Å²) in [7, 11) is 0. The van der Waals surface area contributed by atoms with Crippen molar-refractivity contribution in [1.29, 1.82) is 0 Å². The van der Waals surface area contributed by atoms with E-state index >= 15 is 0 Å². The fourth-order valence-electron chi connectivity index (χ4n) is 3.20. The lowest BCUT2D eigenvalue weighted by atomic mass is 9.95. The van der Waals surface area contributed by atoms with Crippen LogP contribution in [0.25, 0.3) is 6.08 Å². The predicted molar refractivity (Wildman–Crippen MR) is 107 cm³/mol. The van der Waals surface area contributed by atoms with Crippen molar-refractivity contribution in [3.63, 3.8) is 0 Å². The van der Waals surface area contributed by atoms with Crippen molar-refractivity contribution in [2.75, 3.05) is 13.1 Å². The molecule has 0 unspecified atom stereocenters. The van der Waals surface area contributed by atoms with E-state index in [1.807, 2.05) is 56.3 Å². The van der Waals surface area contributed by atoms with Crippen molar-refractivity contribution in [3.05, 3.63) is 59.5 Å². The smallest absolute Gasteiger partial charge is 0.246 e. The molecule has 1 aromatic carbocycles. The van der Waals surface area contributed by atoms with Crippen LogP contribution < -0.4 is 5.32 Å². The quantitative estimate of drug-likeness (QED) is 0.779. The first-order valence-corrected chi connectivity index (χ1v) is 9.78. The minimum absolute atomic E-state index is 0.00872. The van der Waals surface area contributed by atoms with Crippen molar-refractivity contribution >= 4 is 17.9 Å². The van der Waals surface area contributed by atoms with Gasteiger partial charge in [-0.1, -0.05) is 49.3 Å². The molecule has 1 aliphatic rings. The molecule has 0 spiro atoms. The highest BCUT2D eigenvalue weighted by Crippen LogP contribution is 2.19. The first-order valence-electron chi connectivity index (χ1n) is 9.78. The average molecular weight is 381 g/mol. The molecule has 0 atom stereocenters. The molecule has 1 fully saturated rings. The molecule has 6 heteroatoms. The van der Waals surface area contributed by atoms with Gasteiger partial charge in [-0.25, -0.2) is 0 Å². The molecule has 0 bridgehead atoms. The Kier molecular flexibility index (Phi) is 6.63. The summed E-state index contributed by atoms with van der Waals surface area (Å²) in [5.41, 5.74) is 1.89. The third-order valence-corrected chi connectivity index (χ3v) is 5.00. The summed E-state index contributed by atoms with van der Waals surface area (Å²) in [4.78, 5) is 26.5. The van der Waals surface area contributed by atoms with Gasteiger partial charge in [-0.05, 0) is 30.4 Å². The number of likely N-dealkylation sites (tertiary alicyclic amines) is 1.